The van der Waals surface area contributed by atoms with Gasteiger partial charge in [0.2, 0.25) is 0 Å². The minimum atomic E-state index is -0.240. The highest BCUT2D eigenvalue weighted by molar-refractivity contribution is 7.15. The maximum absolute atomic E-state index is 13.5. The number of nitrogens with zero attached hydrogens (tertiary/aromatic N) is 3. The van der Waals surface area contributed by atoms with Crippen molar-refractivity contribution in [1.29, 1.82) is 0 Å². The van der Waals surface area contributed by atoms with Gasteiger partial charge in [-0.3, -0.25) is 14.1 Å². The molecule has 0 aliphatic carbocycles. The zero-order valence-electron chi connectivity index (χ0n) is 14.3. The molecule has 2 aromatic heterocycles. The second-order valence-corrected chi connectivity index (χ2v) is 7.45. The third-order valence-corrected chi connectivity index (χ3v) is 5.28. The maximum atomic E-state index is 13.5. The molecule has 26 heavy (non-hydrogen) atoms. The minimum absolute atomic E-state index is 0.0749. The number of halogens is 1. The van der Waals surface area contributed by atoms with Crippen LogP contribution in [0.1, 0.15) is 24.1 Å². The van der Waals surface area contributed by atoms with Gasteiger partial charge in [-0.1, -0.05) is 12.1 Å². The van der Waals surface area contributed by atoms with E-state index in [0.717, 1.165) is 37.3 Å². The summed E-state index contributed by atoms with van der Waals surface area (Å²) in [5.41, 5.74) is 1.55. The molecule has 0 bridgehead atoms. The highest BCUT2D eigenvalue weighted by atomic mass is 32.1. The Morgan fingerprint density at radius 2 is 2.27 bits per heavy atom. The first-order valence-electron chi connectivity index (χ1n) is 8.71. The molecule has 3 heterocycles. The zero-order chi connectivity index (χ0) is 17.9. The van der Waals surface area contributed by atoms with E-state index in [1.807, 2.05) is 11.4 Å². The van der Waals surface area contributed by atoms with Gasteiger partial charge < -0.3 is 4.74 Å². The summed E-state index contributed by atoms with van der Waals surface area (Å²) in [6.07, 6.45) is 4.00. The van der Waals surface area contributed by atoms with Gasteiger partial charge in [-0.15, -0.1) is 11.3 Å². The van der Waals surface area contributed by atoms with E-state index in [1.165, 1.54) is 17.4 Å². The fourth-order valence-electron chi connectivity index (χ4n) is 3.35. The van der Waals surface area contributed by atoms with E-state index >= 15 is 0 Å². The van der Waals surface area contributed by atoms with Crippen LogP contribution in [-0.2, 0) is 17.8 Å². The second-order valence-electron chi connectivity index (χ2n) is 6.58. The van der Waals surface area contributed by atoms with Crippen molar-refractivity contribution in [3.05, 3.63) is 69.3 Å². The molecular formula is C19H20FN3O2S. The Kier molecular flexibility index (Phi) is 5.10. The molecule has 0 saturated carbocycles. The summed E-state index contributed by atoms with van der Waals surface area (Å²) >= 11 is 1.44. The number of thiazole rings is 1. The number of hydrogen-bond acceptors (Lipinski definition) is 5. The van der Waals surface area contributed by atoms with E-state index in [9.17, 15) is 9.18 Å². The number of hydrogen-bond donors (Lipinski definition) is 0. The largest absolute Gasteiger partial charge is 0.377 e. The van der Waals surface area contributed by atoms with E-state index in [-0.39, 0.29) is 17.5 Å². The molecule has 0 spiro atoms. The van der Waals surface area contributed by atoms with Crippen molar-refractivity contribution in [3.8, 4) is 0 Å². The van der Waals surface area contributed by atoms with Gasteiger partial charge in [0.1, 0.15) is 5.82 Å². The summed E-state index contributed by atoms with van der Waals surface area (Å²) in [4.78, 5) is 19.7. The lowest BCUT2D eigenvalue weighted by atomic mass is 10.1. The van der Waals surface area contributed by atoms with Crippen molar-refractivity contribution in [2.24, 2.45) is 0 Å². The van der Waals surface area contributed by atoms with Gasteiger partial charge in [0.25, 0.3) is 5.56 Å². The molecule has 1 fully saturated rings. The molecular weight excluding hydrogens is 353 g/mol. The molecule has 1 aromatic carbocycles. The minimum Gasteiger partial charge on any atom is -0.377 e. The SMILES string of the molecule is O=c1cc(CN(Cc2cccc(F)c2)C[C@H]2CCCO2)nc2sccn12. The van der Waals surface area contributed by atoms with E-state index in [0.29, 0.717) is 18.1 Å². The third-order valence-electron chi connectivity index (χ3n) is 4.52. The molecule has 3 aromatic rings. The van der Waals surface area contributed by atoms with Crippen molar-refractivity contribution < 1.29 is 9.13 Å². The average molecular weight is 373 g/mol. The van der Waals surface area contributed by atoms with Crippen LogP contribution in [0.25, 0.3) is 4.96 Å². The summed E-state index contributed by atoms with van der Waals surface area (Å²) in [5, 5.41) is 1.85. The van der Waals surface area contributed by atoms with Gasteiger partial charge in [-0.2, -0.15) is 0 Å². The van der Waals surface area contributed by atoms with Crippen molar-refractivity contribution in [1.82, 2.24) is 14.3 Å². The van der Waals surface area contributed by atoms with Crippen LogP contribution in [0.4, 0.5) is 4.39 Å². The van der Waals surface area contributed by atoms with Gasteiger partial charge >= 0.3 is 0 Å². The number of ether oxygens (including phenoxy) is 1. The Hall–Kier alpha value is -2.09. The van der Waals surface area contributed by atoms with E-state index in [1.54, 1.807) is 28.8 Å². The van der Waals surface area contributed by atoms with Crippen LogP contribution in [0.2, 0.25) is 0 Å². The highest BCUT2D eigenvalue weighted by Crippen LogP contribution is 2.17. The van der Waals surface area contributed by atoms with Gasteiger partial charge in [0.05, 0.1) is 11.8 Å². The predicted octanol–water partition coefficient (Wildman–Crippen LogP) is 3.08. The Balaban J connectivity index is 1.57. The first-order valence-corrected chi connectivity index (χ1v) is 9.59. The van der Waals surface area contributed by atoms with Gasteiger partial charge in [-0.25, -0.2) is 9.37 Å². The molecule has 136 valence electrons. The van der Waals surface area contributed by atoms with Crippen LogP contribution in [-0.4, -0.2) is 33.5 Å². The van der Waals surface area contributed by atoms with Crippen LogP contribution in [0.3, 0.4) is 0 Å². The highest BCUT2D eigenvalue weighted by Gasteiger charge is 2.20. The zero-order valence-corrected chi connectivity index (χ0v) is 15.1. The van der Waals surface area contributed by atoms with Crippen molar-refractivity contribution in [3.63, 3.8) is 0 Å². The fourth-order valence-corrected chi connectivity index (χ4v) is 4.09. The Morgan fingerprint density at radius 1 is 1.35 bits per heavy atom. The maximum Gasteiger partial charge on any atom is 0.258 e. The lowest BCUT2D eigenvalue weighted by Crippen LogP contribution is -2.32. The van der Waals surface area contributed by atoms with Crippen LogP contribution in [0, 0.1) is 5.82 Å². The standard InChI is InChI=1S/C19H20FN3O2S/c20-15-4-1-3-14(9-15)11-22(13-17-5-2-7-25-17)12-16-10-18(24)23-6-8-26-19(23)21-16/h1,3-4,6,8-10,17H,2,5,7,11-13H2/t17-/m1/s1. The first kappa shape index (κ1) is 17.3. The summed E-state index contributed by atoms with van der Waals surface area (Å²) in [7, 11) is 0. The summed E-state index contributed by atoms with van der Waals surface area (Å²) in [6.45, 7) is 2.64. The second kappa shape index (κ2) is 7.65. The lowest BCUT2D eigenvalue weighted by molar-refractivity contribution is 0.0674. The first-order chi connectivity index (χ1) is 12.7. The van der Waals surface area contributed by atoms with E-state index in [4.69, 9.17) is 4.74 Å². The average Bonchev–Trinajstić information content (AvgIpc) is 3.26. The lowest BCUT2D eigenvalue weighted by Gasteiger charge is -2.25. The monoisotopic (exact) mass is 373 g/mol. The fraction of sp³-hybridized carbons (Fsp3) is 0.368. The molecule has 1 saturated heterocycles. The van der Waals surface area contributed by atoms with Crippen LogP contribution in [0.5, 0.6) is 0 Å². The smallest absolute Gasteiger partial charge is 0.258 e. The Morgan fingerprint density at radius 3 is 3.08 bits per heavy atom. The van der Waals surface area contributed by atoms with Gasteiger partial charge in [-0.05, 0) is 30.5 Å². The quantitative estimate of drug-likeness (QED) is 0.666. The molecule has 7 heteroatoms. The number of fused-ring (bicyclic) bond motifs is 1. The van der Waals surface area contributed by atoms with Crippen LogP contribution < -0.4 is 5.56 Å². The number of benzene rings is 1. The summed E-state index contributed by atoms with van der Waals surface area (Å²) in [6, 6.07) is 8.20. The molecule has 0 unspecified atom stereocenters. The Labute approximate surface area is 154 Å². The van der Waals surface area contributed by atoms with Gasteiger partial charge in [0, 0.05) is 43.9 Å². The van der Waals surface area contributed by atoms with Crippen molar-refractivity contribution in [2.45, 2.75) is 32.0 Å². The molecule has 0 N–H and O–H groups in total. The van der Waals surface area contributed by atoms with Crippen molar-refractivity contribution >= 4 is 16.3 Å². The van der Waals surface area contributed by atoms with Crippen LogP contribution in [0.15, 0.2) is 46.7 Å². The number of aromatic nitrogens is 2. The van der Waals surface area contributed by atoms with E-state index in [2.05, 4.69) is 9.88 Å². The predicted molar refractivity (Wildman–Crippen MR) is 98.8 cm³/mol. The third kappa shape index (κ3) is 4.00. The van der Waals surface area contributed by atoms with Gasteiger partial charge in [0.15, 0.2) is 4.96 Å². The van der Waals surface area contributed by atoms with E-state index < -0.39 is 0 Å². The Bertz CT molecular complexity index is 949. The molecule has 1 aliphatic rings. The molecule has 4 rings (SSSR count). The topological polar surface area (TPSA) is 46.8 Å². The molecule has 0 amide bonds. The van der Waals surface area contributed by atoms with Crippen LogP contribution >= 0.6 is 11.3 Å². The normalized spacial score (nSPS) is 17.4. The summed E-state index contributed by atoms with van der Waals surface area (Å²) in [5.74, 6) is -0.240. The van der Waals surface area contributed by atoms with Crippen molar-refractivity contribution in [2.75, 3.05) is 13.2 Å². The molecule has 5 nitrogen and oxygen atoms in total. The molecule has 1 aliphatic heterocycles. The summed E-state index contributed by atoms with van der Waals surface area (Å²) < 4.78 is 20.9. The molecule has 1 atom stereocenters. The number of rotatable bonds is 6. The molecule has 0 radical (unpaired) electrons.